The maximum absolute atomic E-state index is 12.2. The van der Waals surface area contributed by atoms with E-state index < -0.39 is 4.92 Å². The van der Waals surface area contributed by atoms with Crippen LogP contribution in [0.2, 0.25) is 0 Å². The van der Waals surface area contributed by atoms with Gasteiger partial charge in [0.15, 0.2) is 5.78 Å². The van der Waals surface area contributed by atoms with Crippen LogP contribution < -0.4 is 5.32 Å². The maximum atomic E-state index is 12.2. The molecule has 1 heterocycles. The Balaban J connectivity index is 2.13. The van der Waals surface area contributed by atoms with Gasteiger partial charge in [0.2, 0.25) is 0 Å². The summed E-state index contributed by atoms with van der Waals surface area (Å²) in [4.78, 5) is 34.6. The molecule has 0 spiro atoms. The number of rotatable bonds is 4. The van der Waals surface area contributed by atoms with Gasteiger partial charge in [-0.3, -0.25) is 19.7 Å². The minimum atomic E-state index is -0.506. The Morgan fingerprint density at radius 2 is 2.00 bits per heavy atom. The average molecular weight is 343 g/mol. The molecule has 7 heteroatoms. The van der Waals surface area contributed by atoms with Gasteiger partial charge in [0, 0.05) is 28.5 Å². The highest BCUT2D eigenvalue weighted by Crippen LogP contribution is 2.35. The second-order valence-corrected chi connectivity index (χ2v) is 5.41. The molecule has 1 aliphatic heterocycles. The Kier molecular flexibility index (Phi) is 4.14. The largest absolute Gasteiger partial charge is 0.321 e. The van der Waals surface area contributed by atoms with E-state index in [4.69, 9.17) is 11.6 Å². The fourth-order valence-corrected chi connectivity index (χ4v) is 2.67. The zero-order valence-electron chi connectivity index (χ0n) is 12.3. The molecule has 0 radical (unpaired) electrons. The SMILES string of the molecule is O=C1Nc2ccc(C(=O)CCl)cc2C1=Cc1ccccc1[N+](=O)[O-]. The molecule has 0 unspecified atom stereocenters. The van der Waals surface area contributed by atoms with Crippen molar-refractivity contribution in [1.29, 1.82) is 0 Å². The van der Waals surface area contributed by atoms with Crippen molar-refractivity contribution in [2.75, 3.05) is 11.2 Å². The normalized spacial score (nSPS) is 14.4. The van der Waals surface area contributed by atoms with Crippen LogP contribution in [0, 0.1) is 10.1 Å². The van der Waals surface area contributed by atoms with Crippen LogP contribution in [0.15, 0.2) is 42.5 Å². The molecule has 0 saturated heterocycles. The lowest BCUT2D eigenvalue weighted by atomic mass is 10.00. The van der Waals surface area contributed by atoms with Crippen molar-refractivity contribution >= 4 is 46.3 Å². The van der Waals surface area contributed by atoms with E-state index in [0.717, 1.165) is 0 Å². The predicted octanol–water partition coefficient (Wildman–Crippen LogP) is 3.51. The summed E-state index contributed by atoms with van der Waals surface area (Å²) < 4.78 is 0. The smallest absolute Gasteiger partial charge is 0.276 e. The number of carbonyl (C=O) groups excluding carboxylic acids is 2. The van der Waals surface area contributed by atoms with E-state index in [-0.39, 0.29) is 28.8 Å². The minimum Gasteiger partial charge on any atom is -0.321 e. The van der Waals surface area contributed by atoms with E-state index in [9.17, 15) is 19.7 Å². The first-order valence-corrected chi connectivity index (χ1v) is 7.55. The summed E-state index contributed by atoms with van der Waals surface area (Å²) in [6.45, 7) is 0. The predicted molar refractivity (Wildman–Crippen MR) is 91.1 cm³/mol. The molecule has 2 aromatic rings. The van der Waals surface area contributed by atoms with E-state index in [1.54, 1.807) is 36.4 Å². The summed E-state index contributed by atoms with van der Waals surface area (Å²) in [6, 6.07) is 10.9. The van der Waals surface area contributed by atoms with Gasteiger partial charge < -0.3 is 5.32 Å². The third kappa shape index (κ3) is 2.79. The molecule has 120 valence electrons. The summed E-state index contributed by atoms with van der Waals surface area (Å²) in [5, 5.41) is 13.8. The number of hydrogen-bond acceptors (Lipinski definition) is 4. The van der Waals surface area contributed by atoms with Crippen LogP contribution >= 0.6 is 11.6 Å². The highest BCUT2D eigenvalue weighted by molar-refractivity contribution is 6.35. The number of ketones is 1. The van der Waals surface area contributed by atoms with Crippen molar-refractivity contribution in [2.24, 2.45) is 0 Å². The summed E-state index contributed by atoms with van der Waals surface area (Å²) in [5.41, 5.74) is 1.94. The van der Waals surface area contributed by atoms with Gasteiger partial charge in [-0.15, -0.1) is 11.6 Å². The highest BCUT2D eigenvalue weighted by atomic mass is 35.5. The minimum absolute atomic E-state index is 0.0979. The number of nitro groups is 1. The molecule has 1 amide bonds. The van der Waals surface area contributed by atoms with Gasteiger partial charge in [-0.25, -0.2) is 0 Å². The van der Waals surface area contributed by atoms with Gasteiger partial charge in [-0.05, 0) is 30.3 Å². The summed E-state index contributed by atoms with van der Waals surface area (Å²) in [5.74, 6) is -0.800. The fourth-order valence-electron chi connectivity index (χ4n) is 2.51. The Morgan fingerprint density at radius 3 is 2.71 bits per heavy atom. The second kappa shape index (κ2) is 6.25. The Hall–Kier alpha value is -2.99. The van der Waals surface area contributed by atoms with E-state index in [1.165, 1.54) is 12.1 Å². The molecule has 0 atom stereocenters. The Bertz CT molecular complexity index is 905. The lowest BCUT2D eigenvalue weighted by Gasteiger charge is -2.03. The molecule has 24 heavy (non-hydrogen) atoms. The Labute approximate surface area is 141 Å². The van der Waals surface area contributed by atoms with Gasteiger partial charge in [0.25, 0.3) is 11.6 Å². The van der Waals surface area contributed by atoms with Gasteiger partial charge in [-0.1, -0.05) is 12.1 Å². The molecule has 0 fully saturated rings. The number of halogens is 1. The van der Waals surface area contributed by atoms with Crippen LogP contribution in [0.3, 0.4) is 0 Å². The summed E-state index contributed by atoms with van der Waals surface area (Å²) >= 11 is 5.57. The monoisotopic (exact) mass is 342 g/mol. The molecular weight excluding hydrogens is 332 g/mol. The summed E-state index contributed by atoms with van der Waals surface area (Å²) in [7, 11) is 0. The van der Waals surface area contributed by atoms with Gasteiger partial charge in [0.1, 0.15) is 0 Å². The first kappa shape index (κ1) is 15.9. The molecule has 2 aromatic carbocycles. The van der Waals surface area contributed by atoms with Crippen LogP contribution in [-0.4, -0.2) is 22.5 Å². The topological polar surface area (TPSA) is 89.3 Å². The van der Waals surface area contributed by atoms with Crippen molar-refractivity contribution < 1.29 is 14.5 Å². The van der Waals surface area contributed by atoms with E-state index in [0.29, 0.717) is 22.4 Å². The first-order valence-electron chi connectivity index (χ1n) is 7.01. The van der Waals surface area contributed by atoms with E-state index >= 15 is 0 Å². The molecule has 0 aromatic heterocycles. The number of nitro benzene ring substituents is 1. The van der Waals surface area contributed by atoms with Crippen molar-refractivity contribution in [2.45, 2.75) is 0 Å². The number of carbonyl (C=O) groups is 2. The number of benzene rings is 2. The van der Waals surface area contributed by atoms with Crippen molar-refractivity contribution in [3.8, 4) is 0 Å². The number of nitrogens with zero attached hydrogens (tertiary/aromatic N) is 1. The molecule has 1 aliphatic rings. The van der Waals surface area contributed by atoms with Crippen LogP contribution in [0.1, 0.15) is 21.5 Å². The zero-order valence-corrected chi connectivity index (χ0v) is 13.0. The van der Waals surface area contributed by atoms with E-state index in [2.05, 4.69) is 5.32 Å². The second-order valence-electron chi connectivity index (χ2n) is 5.15. The van der Waals surface area contributed by atoms with Gasteiger partial charge in [0.05, 0.1) is 16.4 Å². The third-order valence-corrected chi connectivity index (χ3v) is 3.92. The third-order valence-electron chi connectivity index (χ3n) is 3.68. The number of Topliss-reactive ketones (excluding diaryl/α,β-unsaturated/α-hetero) is 1. The molecule has 0 saturated carbocycles. The molecule has 0 aliphatic carbocycles. The molecule has 3 rings (SSSR count). The lowest BCUT2D eigenvalue weighted by molar-refractivity contribution is -0.385. The van der Waals surface area contributed by atoms with Gasteiger partial charge in [-0.2, -0.15) is 0 Å². The standard InChI is InChI=1S/C17H11ClN2O4/c18-9-16(21)11-5-6-14-12(8-11)13(17(22)19-14)7-10-3-1-2-4-15(10)20(23)24/h1-8H,9H2,(H,19,22). The number of para-hydroxylation sites is 1. The van der Waals surface area contributed by atoms with Crippen LogP contribution in [0.25, 0.3) is 11.6 Å². The molecule has 0 bridgehead atoms. The molecule has 6 nitrogen and oxygen atoms in total. The fraction of sp³-hybridized carbons (Fsp3) is 0.0588. The number of fused-ring (bicyclic) bond motifs is 1. The molecular formula is C17H11ClN2O4. The Morgan fingerprint density at radius 1 is 1.25 bits per heavy atom. The van der Waals surface area contributed by atoms with Crippen molar-refractivity contribution in [3.63, 3.8) is 0 Å². The lowest BCUT2D eigenvalue weighted by Crippen LogP contribution is -2.03. The number of amides is 1. The quantitative estimate of drug-likeness (QED) is 0.303. The van der Waals surface area contributed by atoms with Crippen LogP contribution in [0.4, 0.5) is 11.4 Å². The van der Waals surface area contributed by atoms with Gasteiger partial charge >= 0.3 is 0 Å². The maximum Gasteiger partial charge on any atom is 0.276 e. The number of hydrogen-bond donors (Lipinski definition) is 1. The van der Waals surface area contributed by atoms with Crippen LogP contribution in [0.5, 0.6) is 0 Å². The molecule has 1 N–H and O–H groups in total. The first-order chi connectivity index (χ1) is 11.5. The number of nitrogens with one attached hydrogen (secondary N) is 1. The van der Waals surface area contributed by atoms with Crippen LogP contribution in [-0.2, 0) is 4.79 Å². The number of anilines is 1. The average Bonchev–Trinajstić information content (AvgIpc) is 2.89. The highest BCUT2D eigenvalue weighted by Gasteiger charge is 2.26. The zero-order chi connectivity index (χ0) is 17.3. The van der Waals surface area contributed by atoms with Crippen molar-refractivity contribution in [3.05, 3.63) is 69.3 Å². The number of alkyl halides is 1. The van der Waals surface area contributed by atoms with Crippen molar-refractivity contribution in [1.82, 2.24) is 0 Å². The summed E-state index contributed by atoms with van der Waals surface area (Å²) in [6.07, 6.45) is 1.45. The van der Waals surface area contributed by atoms with E-state index in [1.807, 2.05) is 0 Å².